The van der Waals surface area contributed by atoms with E-state index in [0.29, 0.717) is 19.6 Å². The molecule has 3 nitrogen and oxygen atoms in total. The highest BCUT2D eigenvalue weighted by Gasteiger charge is 1.98. The Labute approximate surface area is 55.6 Å². The number of rotatable bonds is 5. The maximum Gasteiger partial charge on any atom is 0.156 e. The van der Waals surface area contributed by atoms with Crippen LogP contribution >= 0.6 is 0 Å². The van der Waals surface area contributed by atoms with E-state index in [1.54, 1.807) is 0 Å². The van der Waals surface area contributed by atoms with Gasteiger partial charge in [0, 0.05) is 20.1 Å². The van der Waals surface area contributed by atoms with Gasteiger partial charge in [-0.15, -0.1) is 0 Å². The van der Waals surface area contributed by atoms with Crippen molar-refractivity contribution in [2.45, 2.75) is 19.6 Å². The number of aliphatic hydroxyl groups is 1. The summed E-state index contributed by atoms with van der Waals surface area (Å²) in [5, 5.41) is 8.78. The van der Waals surface area contributed by atoms with E-state index in [2.05, 4.69) is 4.74 Å². The Hall–Kier alpha value is -0.120. The van der Waals surface area contributed by atoms with E-state index in [-0.39, 0.29) is 0 Å². The quantitative estimate of drug-likeness (QED) is 0.436. The average Bonchev–Trinajstić information content (AvgIpc) is 1.89. The van der Waals surface area contributed by atoms with Crippen molar-refractivity contribution in [2.75, 3.05) is 20.3 Å². The van der Waals surface area contributed by atoms with Crippen LogP contribution in [0.15, 0.2) is 0 Å². The van der Waals surface area contributed by atoms with E-state index in [1.807, 2.05) is 6.92 Å². The molecular formula is C6H14O3. The molecule has 0 aliphatic heterocycles. The molecule has 0 saturated carbocycles. The zero-order chi connectivity index (χ0) is 7.11. The molecule has 1 atom stereocenters. The molecule has 0 amide bonds. The van der Waals surface area contributed by atoms with Crippen molar-refractivity contribution in [3.8, 4) is 0 Å². The summed E-state index contributed by atoms with van der Waals surface area (Å²) in [6, 6.07) is 0. The number of hydrogen-bond donors (Lipinski definition) is 1. The van der Waals surface area contributed by atoms with Gasteiger partial charge in [-0.25, -0.2) is 0 Å². The second kappa shape index (κ2) is 6.01. The van der Waals surface area contributed by atoms with Crippen LogP contribution in [-0.4, -0.2) is 31.7 Å². The fourth-order valence-corrected chi connectivity index (χ4v) is 0.446. The molecule has 0 aliphatic rings. The Bertz CT molecular complexity index is 56.3. The first-order valence-electron chi connectivity index (χ1n) is 3.09. The fourth-order valence-electron chi connectivity index (χ4n) is 0.446. The zero-order valence-electron chi connectivity index (χ0n) is 5.96. The minimum Gasteiger partial charge on any atom is -0.382 e. The largest absolute Gasteiger partial charge is 0.382 e. The highest BCUT2D eigenvalue weighted by molar-refractivity contribution is 4.37. The summed E-state index contributed by atoms with van der Waals surface area (Å²) in [4.78, 5) is 0. The summed E-state index contributed by atoms with van der Waals surface area (Å²) >= 11 is 0. The van der Waals surface area contributed by atoms with Crippen LogP contribution in [0.25, 0.3) is 0 Å². The zero-order valence-corrected chi connectivity index (χ0v) is 5.96. The molecule has 9 heavy (non-hydrogen) atoms. The SMILES string of the molecule is CCOCCC(O)OC. The summed E-state index contributed by atoms with van der Waals surface area (Å²) in [5.74, 6) is 0. The summed E-state index contributed by atoms with van der Waals surface area (Å²) in [6.45, 7) is 3.17. The Morgan fingerprint density at radius 3 is 2.67 bits per heavy atom. The van der Waals surface area contributed by atoms with Crippen molar-refractivity contribution in [1.82, 2.24) is 0 Å². The smallest absolute Gasteiger partial charge is 0.156 e. The lowest BCUT2D eigenvalue weighted by Crippen LogP contribution is -2.11. The number of aliphatic hydroxyl groups excluding tert-OH is 1. The normalized spacial score (nSPS) is 13.7. The lowest BCUT2D eigenvalue weighted by Gasteiger charge is -2.06. The number of hydrogen-bond acceptors (Lipinski definition) is 3. The molecule has 0 spiro atoms. The summed E-state index contributed by atoms with van der Waals surface area (Å²) in [5.41, 5.74) is 0. The molecule has 0 rings (SSSR count). The van der Waals surface area contributed by atoms with Gasteiger partial charge in [0.1, 0.15) is 0 Å². The molecule has 0 fully saturated rings. The van der Waals surface area contributed by atoms with Crippen molar-refractivity contribution >= 4 is 0 Å². The highest BCUT2D eigenvalue weighted by atomic mass is 16.6. The van der Waals surface area contributed by atoms with Crippen LogP contribution < -0.4 is 0 Å². The van der Waals surface area contributed by atoms with Crippen LogP contribution in [0.5, 0.6) is 0 Å². The van der Waals surface area contributed by atoms with E-state index in [1.165, 1.54) is 7.11 Å². The predicted molar refractivity (Wildman–Crippen MR) is 34.1 cm³/mol. The minimum atomic E-state index is -0.670. The van der Waals surface area contributed by atoms with Gasteiger partial charge in [-0.1, -0.05) is 0 Å². The van der Waals surface area contributed by atoms with Crippen LogP contribution in [0, 0.1) is 0 Å². The van der Waals surface area contributed by atoms with E-state index >= 15 is 0 Å². The van der Waals surface area contributed by atoms with Crippen molar-refractivity contribution in [3.05, 3.63) is 0 Å². The molecule has 0 radical (unpaired) electrons. The number of ether oxygens (including phenoxy) is 2. The molecule has 3 heteroatoms. The van der Waals surface area contributed by atoms with Gasteiger partial charge < -0.3 is 14.6 Å². The van der Waals surface area contributed by atoms with Crippen LogP contribution in [-0.2, 0) is 9.47 Å². The van der Waals surface area contributed by atoms with Gasteiger partial charge in [-0.2, -0.15) is 0 Å². The molecule has 0 aliphatic carbocycles. The first kappa shape index (κ1) is 8.88. The molecule has 0 saturated heterocycles. The van der Waals surface area contributed by atoms with Gasteiger partial charge in [-0.3, -0.25) is 0 Å². The molecule has 0 bridgehead atoms. The monoisotopic (exact) mass is 134 g/mol. The molecule has 1 N–H and O–H groups in total. The summed E-state index contributed by atoms with van der Waals surface area (Å²) < 4.78 is 9.54. The minimum absolute atomic E-state index is 0.546. The maximum absolute atomic E-state index is 8.78. The second-order valence-electron chi connectivity index (χ2n) is 1.68. The Kier molecular flexibility index (Phi) is 5.93. The first-order valence-corrected chi connectivity index (χ1v) is 3.09. The van der Waals surface area contributed by atoms with E-state index in [4.69, 9.17) is 9.84 Å². The van der Waals surface area contributed by atoms with Gasteiger partial charge in [-0.05, 0) is 6.92 Å². The van der Waals surface area contributed by atoms with Gasteiger partial charge in [0.15, 0.2) is 6.29 Å². The van der Waals surface area contributed by atoms with E-state index in [0.717, 1.165) is 0 Å². The van der Waals surface area contributed by atoms with Crippen LogP contribution in [0.4, 0.5) is 0 Å². The third-order valence-corrected chi connectivity index (χ3v) is 0.985. The second-order valence-corrected chi connectivity index (χ2v) is 1.68. The summed E-state index contributed by atoms with van der Waals surface area (Å²) in [6.07, 6.45) is -0.124. The number of methoxy groups -OCH3 is 1. The first-order chi connectivity index (χ1) is 4.31. The third-order valence-electron chi connectivity index (χ3n) is 0.985. The standard InChI is InChI=1S/C6H14O3/c1-3-9-5-4-6(7)8-2/h6-7H,3-5H2,1-2H3. The predicted octanol–water partition coefficient (Wildman–Crippen LogP) is 0.378. The van der Waals surface area contributed by atoms with Crippen molar-refractivity contribution < 1.29 is 14.6 Å². The van der Waals surface area contributed by atoms with Crippen molar-refractivity contribution in [2.24, 2.45) is 0 Å². The molecular weight excluding hydrogens is 120 g/mol. The third kappa shape index (κ3) is 5.76. The van der Waals surface area contributed by atoms with Crippen LogP contribution in [0.2, 0.25) is 0 Å². The lowest BCUT2D eigenvalue weighted by atomic mass is 10.4. The van der Waals surface area contributed by atoms with Gasteiger partial charge in [0.05, 0.1) is 6.61 Å². The van der Waals surface area contributed by atoms with Crippen molar-refractivity contribution in [1.29, 1.82) is 0 Å². The van der Waals surface area contributed by atoms with Crippen LogP contribution in [0.1, 0.15) is 13.3 Å². The fraction of sp³-hybridized carbons (Fsp3) is 1.00. The average molecular weight is 134 g/mol. The topological polar surface area (TPSA) is 38.7 Å². The lowest BCUT2D eigenvalue weighted by molar-refractivity contribution is -0.0894. The van der Waals surface area contributed by atoms with Gasteiger partial charge in [0.25, 0.3) is 0 Å². The van der Waals surface area contributed by atoms with Crippen LogP contribution in [0.3, 0.4) is 0 Å². The van der Waals surface area contributed by atoms with Crippen molar-refractivity contribution in [3.63, 3.8) is 0 Å². The van der Waals surface area contributed by atoms with E-state index in [9.17, 15) is 0 Å². The molecule has 0 aromatic heterocycles. The molecule has 0 aromatic rings. The Morgan fingerprint density at radius 2 is 2.22 bits per heavy atom. The summed E-state index contributed by atoms with van der Waals surface area (Å²) in [7, 11) is 1.47. The van der Waals surface area contributed by atoms with Gasteiger partial charge in [0.2, 0.25) is 0 Å². The molecule has 56 valence electrons. The maximum atomic E-state index is 8.78. The Balaban J connectivity index is 2.88. The highest BCUT2D eigenvalue weighted by Crippen LogP contribution is 1.91. The molecule has 0 aromatic carbocycles. The van der Waals surface area contributed by atoms with E-state index < -0.39 is 6.29 Å². The Morgan fingerprint density at radius 1 is 1.56 bits per heavy atom. The molecule has 0 heterocycles. The molecule has 1 unspecified atom stereocenters. The van der Waals surface area contributed by atoms with Gasteiger partial charge >= 0.3 is 0 Å².